The first-order chi connectivity index (χ1) is 13.7. The summed E-state index contributed by atoms with van der Waals surface area (Å²) in [6.07, 6.45) is 3.31. The molecule has 0 spiro atoms. The van der Waals surface area contributed by atoms with Crippen LogP contribution >= 0.6 is 23.2 Å². The number of sulfonamides is 1. The van der Waals surface area contributed by atoms with Crippen LogP contribution < -0.4 is 14.2 Å². The Hall–Kier alpha value is -2.26. The van der Waals surface area contributed by atoms with Gasteiger partial charge in [-0.1, -0.05) is 23.2 Å². The summed E-state index contributed by atoms with van der Waals surface area (Å²) in [7, 11) is 0.763. The van der Waals surface area contributed by atoms with Crippen molar-refractivity contribution in [2.75, 3.05) is 14.2 Å². The summed E-state index contributed by atoms with van der Waals surface area (Å²) in [4.78, 5) is 4.19. The molecule has 1 heterocycles. The molecule has 3 aromatic rings. The van der Waals surface area contributed by atoms with Gasteiger partial charge in [0, 0.05) is 30.5 Å². The number of nitrogens with zero attached hydrogens (tertiary/aromatic N) is 2. The average molecular weight is 456 g/mol. The molecule has 0 unspecified atom stereocenters. The van der Waals surface area contributed by atoms with Gasteiger partial charge in [0.2, 0.25) is 10.0 Å². The summed E-state index contributed by atoms with van der Waals surface area (Å²) in [6, 6.07) is 8.54. The highest BCUT2D eigenvalue weighted by atomic mass is 35.5. The maximum Gasteiger partial charge on any atom is 0.243 e. The number of ether oxygens (including phenoxy) is 2. The van der Waals surface area contributed by atoms with E-state index in [1.54, 1.807) is 42.2 Å². The van der Waals surface area contributed by atoms with Gasteiger partial charge in [0.25, 0.3) is 0 Å². The highest BCUT2D eigenvalue weighted by Crippen LogP contribution is 2.32. The molecule has 7 nitrogen and oxygen atoms in total. The molecule has 0 radical (unpaired) electrons. The van der Waals surface area contributed by atoms with E-state index >= 15 is 0 Å². The van der Waals surface area contributed by atoms with Gasteiger partial charge in [0.15, 0.2) is 0 Å². The number of aryl methyl sites for hydroxylation is 1. The molecular formula is C19H19Cl2N3O4S. The van der Waals surface area contributed by atoms with E-state index in [1.807, 2.05) is 0 Å². The zero-order valence-electron chi connectivity index (χ0n) is 15.9. The van der Waals surface area contributed by atoms with Crippen LogP contribution in [0.3, 0.4) is 0 Å². The van der Waals surface area contributed by atoms with Crippen LogP contribution in [0.4, 0.5) is 0 Å². The number of hydrogen-bond acceptors (Lipinski definition) is 5. The molecule has 29 heavy (non-hydrogen) atoms. The Bertz CT molecular complexity index is 1110. The van der Waals surface area contributed by atoms with E-state index in [0.717, 1.165) is 0 Å². The van der Waals surface area contributed by atoms with Gasteiger partial charge < -0.3 is 14.0 Å². The molecule has 0 fully saturated rings. The average Bonchev–Trinajstić information content (AvgIpc) is 3.13. The van der Waals surface area contributed by atoms with Gasteiger partial charge in [0.05, 0.1) is 19.2 Å². The highest BCUT2D eigenvalue weighted by molar-refractivity contribution is 7.89. The van der Waals surface area contributed by atoms with Gasteiger partial charge >= 0.3 is 0 Å². The SMILES string of the molecule is COc1cc(OC)cc([C@@H](NS(=O)(=O)c2cc(Cl)ccc2Cl)c2nccn2C)c1. The summed E-state index contributed by atoms with van der Waals surface area (Å²) in [5.74, 6) is 1.50. The van der Waals surface area contributed by atoms with Crippen molar-refractivity contribution in [1.82, 2.24) is 14.3 Å². The molecule has 154 valence electrons. The van der Waals surface area contributed by atoms with Crippen LogP contribution in [0.25, 0.3) is 0 Å². The van der Waals surface area contributed by atoms with Crippen LogP contribution in [0.2, 0.25) is 10.0 Å². The van der Waals surface area contributed by atoms with E-state index < -0.39 is 16.1 Å². The third-order valence-corrected chi connectivity index (χ3v) is 6.42. The van der Waals surface area contributed by atoms with Crippen molar-refractivity contribution in [2.24, 2.45) is 7.05 Å². The van der Waals surface area contributed by atoms with Gasteiger partial charge in [-0.05, 0) is 35.9 Å². The molecule has 0 saturated carbocycles. The molecule has 1 aromatic heterocycles. The summed E-state index contributed by atoms with van der Waals surface area (Å²) in [5, 5.41) is 0.315. The highest BCUT2D eigenvalue weighted by Gasteiger charge is 2.28. The monoisotopic (exact) mass is 455 g/mol. The second kappa shape index (κ2) is 8.62. The zero-order chi connectivity index (χ0) is 21.2. The minimum Gasteiger partial charge on any atom is -0.497 e. The third kappa shape index (κ3) is 4.67. The minimum absolute atomic E-state index is 0.0590. The van der Waals surface area contributed by atoms with Crippen molar-refractivity contribution in [3.63, 3.8) is 0 Å². The molecular weight excluding hydrogens is 437 g/mol. The Labute approximate surface area is 179 Å². The first-order valence-corrected chi connectivity index (χ1v) is 10.7. The second-order valence-corrected chi connectivity index (χ2v) is 8.70. The lowest BCUT2D eigenvalue weighted by Gasteiger charge is -2.21. The molecule has 0 bridgehead atoms. The normalized spacial score (nSPS) is 12.6. The first kappa shape index (κ1) is 21.4. The molecule has 3 rings (SSSR count). The number of aromatic nitrogens is 2. The van der Waals surface area contributed by atoms with Crippen molar-refractivity contribution in [2.45, 2.75) is 10.9 Å². The number of halogens is 2. The Balaban J connectivity index is 2.13. The lowest BCUT2D eigenvalue weighted by molar-refractivity contribution is 0.392. The van der Waals surface area contributed by atoms with Crippen LogP contribution in [0.1, 0.15) is 17.4 Å². The van der Waals surface area contributed by atoms with E-state index in [1.165, 1.54) is 32.4 Å². The lowest BCUT2D eigenvalue weighted by Crippen LogP contribution is -2.31. The summed E-state index contributed by atoms with van der Waals surface area (Å²) in [5.41, 5.74) is 0.581. The molecule has 1 N–H and O–H groups in total. The third-order valence-electron chi connectivity index (χ3n) is 4.28. The standard InChI is InChI=1S/C19H19Cl2N3O4S/c1-24-7-6-22-19(24)18(12-8-14(27-2)11-15(9-12)28-3)23-29(25,26)17-10-13(20)4-5-16(17)21/h4-11,18,23H,1-3H3/t18-/m1/s1. The molecule has 10 heteroatoms. The number of methoxy groups -OCH3 is 2. The van der Waals surface area contributed by atoms with E-state index in [9.17, 15) is 8.42 Å². The molecule has 0 aliphatic carbocycles. The van der Waals surface area contributed by atoms with Gasteiger partial charge in [0.1, 0.15) is 28.3 Å². The van der Waals surface area contributed by atoms with E-state index in [-0.39, 0.29) is 14.9 Å². The summed E-state index contributed by atoms with van der Waals surface area (Å²) < 4.78 is 41.3. The Morgan fingerprint density at radius 1 is 1.07 bits per heavy atom. The Morgan fingerprint density at radius 3 is 2.28 bits per heavy atom. The van der Waals surface area contributed by atoms with Gasteiger partial charge in [-0.25, -0.2) is 13.4 Å². The molecule has 0 aliphatic rings. The minimum atomic E-state index is -4.04. The van der Waals surface area contributed by atoms with Crippen molar-refractivity contribution >= 4 is 33.2 Å². The smallest absolute Gasteiger partial charge is 0.243 e. The number of imidazole rings is 1. The molecule has 0 saturated heterocycles. The van der Waals surface area contributed by atoms with Crippen molar-refractivity contribution in [3.05, 3.63) is 70.2 Å². The fourth-order valence-electron chi connectivity index (χ4n) is 2.82. The van der Waals surface area contributed by atoms with Gasteiger partial charge in [-0.15, -0.1) is 0 Å². The quantitative estimate of drug-likeness (QED) is 0.585. The van der Waals surface area contributed by atoms with Crippen molar-refractivity contribution < 1.29 is 17.9 Å². The fourth-order valence-corrected chi connectivity index (χ4v) is 4.77. The van der Waals surface area contributed by atoms with Gasteiger partial charge in [-0.2, -0.15) is 4.72 Å². The van der Waals surface area contributed by atoms with Crippen LogP contribution in [-0.2, 0) is 17.1 Å². The fraction of sp³-hybridized carbons (Fsp3) is 0.211. The first-order valence-electron chi connectivity index (χ1n) is 8.42. The van der Waals surface area contributed by atoms with Crippen LogP contribution in [0, 0.1) is 0 Å². The van der Waals surface area contributed by atoms with Crippen molar-refractivity contribution in [1.29, 1.82) is 0 Å². The lowest BCUT2D eigenvalue weighted by atomic mass is 10.1. The Morgan fingerprint density at radius 2 is 1.72 bits per heavy atom. The number of nitrogens with one attached hydrogen (secondary N) is 1. The maximum absolute atomic E-state index is 13.2. The van der Waals surface area contributed by atoms with E-state index in [0.29, 0.717) is 22.9 Å². The van der Waals surface area contributed by atoms with Crippen LogP contribution in [0.15, 0.2) is 53.7 Å². The van der Waals surface area contributed by atoms with E-state index in [4.69, 9.17) is 32.7 Å². The predicted molar refractivity (Wildman–Crippen MR) is 111 cm³/mol. The van der Waals surface area contributed by atoms with Crippen molar-refractivity contribution in [3.8, 4) is 11.5 Å². The predicted octanol–water partition coefficient (Wildman–Crippen LogP) is 3.81. The van der Waals surface area contributed by atoms with E-state index in [2.05, 4.69) is 9.71 Å². The largest absolute Gasteiger partial charge is 0.497 e. The molecule has 1 atom stereocenters. The maximum atomic E-state index is 13.2. The molecule has 0 amide bonds. The number of benzene rings is 2. The second-order valence-electron chi connectivity index (χ2n) is 6.17. The molecule has 2 aromatic carbocycles. The summed E-state index contributed by atoms with van der Waals surface area (Å²) >= 11 is 12.1. The van der Waals surface area contributed by atoms with Crippen LogP contribution in [-0.4, -0.2) is 32.2 Å². The number of rotatable bonds is 7. The Kier molecular flexibility index (Phi) is 6.38. The summed E-state index contributed by atoms with van der Waals surface area (Å²) in [6.45, 7) is 0. The topological polar surface area (TPSA) is 82.4 Å². The molecule has 0 aliphatic heterocycles. The zero-order valence-corrected chi connectivity index (χ0v) is 18.2. The number of hydrogen-bond donors (Lipinski definition) is 1. The van der Waals surface area contributed by atoms with Crippen LogP contribution in [0.5, 0.6) is 11.5 Å². The van der Waals surface area contributed by atoms with Gasteiger partial charge in [-0.3, -0.25) is 0 Å².